The maximum Gasteiger partial charge on any atom is 0.131 e. The third-order valence-corrected chi connectivity index (χ3v) is 4.94. The number of rotatable bonds is 5. The lowest BCUT2D eigenvalue weighted by Crippen LogP contribution is -2.46. The zero-order valence-electron chi connectivity index (χ0n) is 15.5. The van der Waals surface area contributed by atoms with Crippen molar-refractivity contribution in [3.05, 3.63) is 65.0 Å². The Bertz CT molecular complexity index is 691. The normalized spacial score (nSPS) is 20.7. The molecule has 0 saturated carbocycles. The number of morpholine rings is 1. The van der Waals surface area contributed by atoms with Gasteiger partial charge in [-0.3, -0.25) is 0 Å². The molecule has 3 rings (SSSR count). The van der Waals surface area contributed by atoms with Gasteiger partial charge in [0.2, 0.25) is 0 Å². The van der Waals surface area contributed by atoms with Crippen molar-refractivity contribution in [2.24, 2.45) is 0 Å². The Morgan fingerprint density at radius 3 is 2.32 bits per heavy atom. The molecule has 3 heteroatoms. The van der Waals surface area contributed by atoms with Crippen molar-refractivity contribution in [3.63, 3.8) is 0 Å². The Morgan fingerprint density at radius 1 is 1.00 bits per heavy atom. The third-order valence-electron chi connectivity index (χ3n) is 4.94. The third kappa shape index (κ3) is 4.21. The van der Waals surface area contributed by atoms with Crippen LogP contribution in [0.25, 0.3) is 0 Å². The van der Waals surface area contributed by atoms with Gasteiger partial charge < -0.3 is 9.64 Å². The van der Waals surface area contributed by atoms with Crippen LogP contribution in [-0.2, 0) is 24.0 Å². The highest BCUT2D eigenvalue weighted by Crippen LogP contribution is 2.29. The van der Waals surface area contributed by atoms with E-state index in [1.165, 1.54) is 5.56 Å². The second-order valence-corrected chi connectivity index (χ2v) is 7.04. The Balaban J connectivity index is 1.81. The number of aryl methyl sites for hydroxylation is 2. The highest BCUT2D eigenvalue weighted by atomic mass is 19.1. The molecule has 0 N–H and O–H groups in total. The summed E-state index contributed by atoms with van der Waals surface area (Å²) in [5.74, 6) is -0.0253. The number of hydrogen-bond acceptors (Lipinski definition) is 2. The monoisotopic (exact) mass is 341 g/mol. The number of ether oxygens (including phenoxy) is 1. The molecule has 2 nitrogen and oxygen atoms in total. The van der Waals surface area contributed by atoms with Gasteiger partial charge >= 0.3 is 0 Å². The lowest BCUT2D eigenvalue weighted by Gasteiger charge is -2.38. The number of halogens is 1. The molecular weight excluding hydrogens is 313 g/mol. The Kier molecular flexibility index (Phi) is 5.74. The minimum atomic E-state index is -0.0253. The highest BCUT2D eigenvalue weighted by molar-refractivity contribution is 5.56. The molecule has 0 bridgehead atoms. The first-order valence-electron chi connectivity index (χ1n) is 9.33. The van der Waals surface area contributed by atoms with Crippen molar-refractivity contribution < 1.29 is 9.13 Å². The first-order valence-corrected chi connectivity index (χ1v) is 9.33. The van der Waals surface area contributed by atoms with Crippen molar-refractivity contribution in [2.45, 2.75) is 52.2 Å². The molecule has 25 heavy (non-hydrogen) atoms. The first-order chi connectivity index (χ1) is 12.1. The van der Waals surface area contributed by atoms with E-state index in [2.05, 4.69) is 36.9 Å². The minimum absolute atomic E-state index is 0.0253. The average Bonchev–Trinajstić information content (AvgIpc) is 2.60. The molecule has 1 heterocycles. The van der Waals surface area contributed by atoms with E-state index in [0.717, 1.165) is 42.7 Å². The summed E-state index contributed by atoms with van der Waals surface area (Å²) in [6.45, 7) is 7.84. The van der Waals surface area contributed by atoms with E-state index in [9.17, 15) is 0 Å². The minimum Gasteiger partial charge on any atom is -0.372 e. The topological polar surface area (TPSA) is 12.5 Å². The van der Waals surface area contributed by atoms with Gasteiger partial charge in [0.15, 0.2) is 0 Å². The van der Waals surface area contributed by atoms with Gasteiger partial charge in [-0.25, -0.2) is 4.39 Å². The molecule has 0 radical (unpaired) electrons. The number of anilines is 1. The fourth-order valence-corrected chi connectivity index (χ4v) is 3.78. The molecule has 2 aromatic carbocycles. The molecule has 0 spiro atoms. The summed E-state index contributed by atoms with van der Waals surface area (Å²) in [5, 5.41) is 0. The van der Waals surface area contributed by atoms with E-state index in [-0.39, 0.29) is 18.0 Å². The van der Waals surface area contributed by atoms with Crippen molar-refractivity contribution in [1.29, 1.82) is 0 Å². The number of hydrogen-bond donors (Lipinski definition) is 0. The molecule has 134 valence electrons. The maximum atomic E-state index is 15.1. The molecule has 0 amide bonds. The van der Waals surface area contributed by atoms with Gasteiger partial charge in [0, 0.05) is 24.3 Å². The highest BCUT2D eigenvalue weighted by Gasteiger charge is 2.25. The molecule has 2 aromatic rings. The second kappa shape index (κ2) is 8.01. The van der Waals surface area contributed by atoms with E-state index in [1.807, 2.05) is 31.2 Å². The van der Waals surface area contributed by atoms with Gasteiger partial charge in [0.1, 0.15) is 5.82 Å². The molecule has 1 fully saturated rings. The van der Waals surface area contributed by atoms with Crippen LogP contribution >= 0.6 is 0 Å². The lowest BCUT2D eigenvalue weighted by atomic mass is 9.98. The summed E-state index contributed by atoms with van der Waals surface area (Å²) in [6, 6.07) is 14.4. The van der Waals surface area contributed by atoms with Crippen LogP contribution in [0, 0.1) is 5.82 Å². The van der Waals surface area contributed by atoms with Crippen LogP contribution in [0.4, 0.5) is 10.1 Å². The fraction of sp³-hybridized carbons (Fsp3) is 0.455. The standard InChI is InChI=1S/C22H28FNO/c1-4-20-21(24-14-16(2)25-17(3)15-24)13-12-19(22(20)23)11-10-18-8-6-5-7-9-18/h5-9,12-13,16-17H,4,10-11,14-15H2,1-3H3/t16-,17+. The Morgan fingerprint density at radius 2 is 1.68 bits per heavy atom. The van der Waals surface area contributed by atoms with Gasteiger partial charge in [-0.15, -0.1) is 0 Å². The summed E-state index contributed by atoms with van der Waals surface area (Å²) in [7, 11) is 0. The molecule has 0 aromatic heterocycles. The Labute approximate surface area is 150 Å². The van der Waals surface area contributed by atoms with Crippen LogP contribution in [0.2, 0.25) is 0 Å². The zero-order valence-corrected chi connectivity index (χ0v) is 15.5. The van der Waals surface area contributed by atoms with Gasteiger partial charge in [-0.1, -0.05) is 43.3 Å². The van der Waals surface area contributed by atoms with E-state index in [0.29, 0.717) is 6.42 Å². The molecule has 1 aliphatic heterocycles. The van der Waals surface area contributed by atoms with E-state index < -0.39 is 0 Å². The van der Waals surface area contributed by atoms with Gasteiger partial charge in [-0.2, -0.15) is 0 Å². The van der Waals surface area contributed by atoms with Crippen molar-refractivity contribution in [2.75, 3.05) is 18.0 Å². The van der Waals surface area contributed by atoms with Crippen molar-refractivity contribution >= 4 is 5.69 Å². The largest absolute Gasteiger partial charge is 0.372 e. The quantitative estimate of drug-likeness (QED) is 0.775. The second-order valence-electron chi connectivity index (χ2n) is 7.04. The molecule has 0 unspecified atom stereocenters. The van der Waals surface area contributed by atoms with Gasteiger partial charge in [0.05, 0.1) is 12.2 Å². The smallest absolute Gasteiger partial charge is 0.131 e. The molecular formula is C22H28FNO. The summed E-state index contributed by atoms with van der Waals surface area (Å²) in [5.41, 5.74) is 3.94. The van der Waals surface area contributed by atoms with Crippen molar-refractivity contribution in [3.8, 4) is 0 Å². The predicted octanol–water partition coefficient (Wildman–Crippen LogP) is 4.79. The van der Waals surface area contributed by atoms with Crippen LogP contribution in [0.3, 0.4) is 0 Å². The van der Waals surface area contributed by atoms with Crippen LogP contribution in [0.1, 0.15) is 37.5 Å². The first kappa shape index (κ1) is 17.9. The molecule has 0 aliphatic carbocycles. The van der Waals surface area contributed by atoms with Crippen LogP contribution in [0.5, 0.6) is 0 Å². The summed E-state index contributed by atoms with van der Waals surface area (Å²) >= 11 is 0. The SMILES string of the molecule is CCc1c(N2C[C@@H](C)O[C@@H](C)C2)ccc(CCc2ccccc2)c1F. The molecule has 1 saturated heterocycles. The maximum absolute atomic E-state index is 15.1. The van der Waals surface area contributed by atoms with E-state index in [1.54, 1.807) is 0 Å². The number of benzene rings is 2. The Hall–Kier alpha value is -1.87. The zero-order chi connectivity index (χ0) is 17.8. The summed E-state index contributed by atoms with van der Waals surface area (Å²) in [6.07, 6.45) is 2.66. The van der Waals surface area contributed by atoms with Gasteiger partial charge in [0.25, 0.3) is 0 Å². The summed E-state index contributed by atoms with van der Waals surface area (Å²) in [4.78, 5) is 2.28. The van der Waals surface area contributed by atoms with E-state index in [4.69, 9.17) is 4.74 Å². The molecule has 1 aliphatic rings. The fourth-order valence-electron chi connectivity index (χ4n) is 3.78. The van der Waals surface area contributed by atoms with E-state index >= 15 is 4.39 Å². The number of nitrogens with zero attached hydrogens (tertiary/aromatic N) is 1. The molecule has 2 atom stereocenters. The predicted molar refractivity (Wildman–Crippen MR) is 102 cm³/mol. The van der Waals surface area contributed by atoms with Crippen LogP contribution < -0.4 is 4.90 Å². The average molecular weight is 341 g/mol. The van der Waals surface area contributed by atoms with Crippen molar-refractivity contribution in [1.82, 2.24) is 0 Å². The van der Waals surface area contributed by atoms with Crippen LogP contribution in [-0.4, -0.2) is 25.3 Å². The van der Waals surface area contributed by atoms with Gasteiger partial charge in [-0.05, 0) is 50.3 Å². The summed E-state index contributed by atoms with van der Waals surface area (Å²) < 4.78 is 20.9. The lowest BCUT2D eigenvalue weighted by molar-refractivity contribution is -0.00528. The van der Waals surface area contributed by atoms with Crippen LogP contribution in [0.15, 0.2) is 42.5 Å².